The van der Waals surface area contributed by atoms with E-state index in [1.54, 1.807) is 12.3 Å². The van der Waals surface area contributed by atoms with Crippen LogP contribution in [0.25, 0.3) is 10.9 Å². The molecule has 1 saturated heterocycles. The van der Waals surface area contributed by atoms with Crippen molar-refractivity contribution < 1.29 is 4.39 Å². The highest BCUT2D eigenvalue weighted by Gasteiger charge is 2.28. The third-order valence-corrected chi connectivity index (χ3v) is 4.05. The summed E-state index contributed by atoms with van der Waals surface area (Å²) in [5.41, 5.74) is 0.642. The van der Waals surface area contributed by atoms with Crippen molar-refractivity contribution in [1.82, 2.24) is 14.9 Å². The highest BCUT2D eigenvalue weighted by atomic mass is 19.1. The molecule has 0 bridgehead atoms. The van der Waals surface area contributed by atoms with E-state index < -0.39 is 6.17 Å². The number of halogens is 1. The number of aromatic amines is 1. The van der Waals surface area contributed by atoms with Crippen LogP contribution in [0.2, 0.25) is 0 Å². The van der Waals surface area contributed by atoms with E-state index in [2.05, 4.69) is 20.2 Å². The van der Waals surface area contributed by atoms with E-state index in [0.717, 1.165) is 19.5 Å². The summed E-state index contributed by atoms with van der Waals surface area (Å²) < 4.78 is 14.2. The Bertz CT molecular complexity index is 687. The first-order chi connectivity index (χ1) is 10.2. The lowest BCUT2D eigenvalue weighted by Gasteiger charge is -2.34. The van der Waals surface area contributed by atoms with Gasteiger partial charge in [0.25, 0.3) is 0 Å². The van der Waals surface area contributed by atoms with Gasteiger partial charge in [-0.25, -0.2) is 9.37 Å². The average Bonchev–Trinajstić information content (AvgIpc) is 2.49. The van der Waals surface area contributed by atoms with Gasteiger partial charge in [-0.2, -0.15) is 0 Å². The number of fused-ring (bicyclic) bond motifs is 1. The van der Waals surface area contributed by atoms with Crippen molar-refractivity contribution in [2.45, 2.75) is 25.6 Å². The molecule has 1 fully saturated rings. The van der Waals surface area contributed by atoms with E-state index in [0.29, 0.717) is 23.3 Å². The molecule has 2 aromatic heterocycles. The minimum absolute atomic E-state index is 0.0672. The van der Waals surface area contributed by atoms with E-state index in [4.69, 9.17) is 0 Å². The minimum atomic E-state index is -0.911. The van der Waals surface area contributed by atoms with Crippen LogP contribution in [0.15, 0.2) is 29.3 Å². The molecule has 21 heavy (non-hydrogen) atoms. The lowest BCUT2D eigenvalue weighted by atomic mass is 10.0. The van der Waals surface area contributed by atoms with Gasteiger partial charge in [-0.3, -0.25) is 4.79 Å². The number of anilines is 1. The van der Waals surface area contributed by atoms with E-state index in [1.165, 1.54) is 12.3 Å². The quantitative estimate of drug-likeness (QED) is 0.904. The van der Waals surface area contributed by atoms with Crippen LogP contribution < -0.4 is 10.7 Å². The first-order valence-corrected chi connectivity index (χ1v) is 7.28. The molecule has 1 aliphatic rings. The fraction of sp³-hybridized carbons (Fsp3) is 0.467. The number of pyridine rings is 2. The molecular weight excluding hydrogens is 271 g/mol. The maximum atomic E-state index is 14.2. The van der Waals surface area contributed by atoms with Crippen molar-refractivity contribution in [2.24, 2.45) is 0 Å². The molecule has 2 aromatic rings. The van der Waals surface area contributed by atoms with Crippen LogP contribution >= 0.6 is 0 Å². The number of nitrogens with zero attached hydrogens (tertiary/aromatic N) is 2. The van der Waals surface area contributed by atoms with Crippen LogP contribution in [0.4, 0.5) is 10.2 Å². The van der Waals surface area contributed by atoms with Gasteiger partial charge in [0.1, 0.15) is 12.0 Å². The number of H-pyrrole nitrogens is 1. The lowest BCUT2D eigenvalue weighted by Crippen LogP contribution is -2.47. The summed E-state index contributed by atoms with van der Waals surface area (Å²) in [6.45, 7) is 4.27. The number of nitrogens with one attached hydrogen (secondary N) is 2. The molecule has 1 aliphatic heterocycles. The summed E-state index contributed by atoms with van der Waals surface area (Å²) in [6.07, 6.45) is 2.97. The van der Waals surface area contributed by atoms with E-state index in [-0.39, 0.29) is 11.5 Å². The van der Waals surface area contributed by atoms with Gasteiger partial charge in [-0.05, 0) is 13.0 Å². The van der Waals surface area contributed by atoms with Gasteiger partial charge in [-0.15, -0.1) is 0 Å². The van der Waals surface area contributed by atoms with Crippen molar-refractivity contribution in [2.75, 3.05) is 25.0 Å². The molecule has 5 nitrogen and oxygen atoms in total. The summed E-state index contributed by atoms with van der Waals surface area (Å²) in [4.78, 5) is 21.0. The molecule has 0 saturated carbocycles. The second-order valence-electron chi connectivity index (χ2n) is 5.41. The molecule has 0 aliphatic carbocycles. The molecule has 2 unspecified atom stereocenters. The molecule has 0 spiro atoms. The SMILES string of the molecule is CCN1CCC(Nc2cc3[nH]ccc(=O)c3cn2)C(F)C1. The van der Waals surface area contributed by atoms with Crippen LogP contribution in [-0.2, 0) is 0 Å². The Morgan fingerprint density at radius 2 is 2.43 bits per heavy atom. The summed E-state index contributed by atoms with van der Waals surface area (Å²) in [5, 5.41) is 3.69. The molecule has 0 amide bonds. The fourth-order valence-electron chi connectivity index (χ4n) is 2.75. The van der Waals surface area contributed by atoms with Gasteiger partial charge in [0.15, 0.2) is 5.43 Å². The summed E-state index contributed by atoms with van der Waals surface area (Å²) in [5.74, 6) is 0.599. The summed E-state index contributed by atoms with van der Waals surface area (Å²) >= 11 is 0. The van der Waals surface area contributed by atoms with Crippen molar-refractivity contribution in [1.29, 1.82) is 0 Å². The first-order valence-electron chi connectivity index (χ1n) is 7.28. The van der Waals surface area contributed by atoms with Crippen LogP contribution in [0.3, 0.4) is 0 Å². The smallest absolute Gasteiger partial charge is 0.190 e. The van der Waals surface area contributed by atoms with E-state index in [1.807, 2.05) is 6.92 Å². The van der Waals surface area contributed by atoms with Crippen molar-refractivity contribution in [3.63, 3.8) is 0 Å². The number of hydrogen-bond donors (Lipinski definition) is 2. The second kappa shape index (κ2) is 5.81. The van der Waals surface area contributed by atoms with E-state index >= 15 is 0 Å². The Kier molecular flexibility index (Phi) is 3.88. The number of piperidine rings is 1. The molecule has 2 N–H and O–H groups in total. The van der Waals surface area contributed by atoms with Crippen LogP contribution in [0, 0.1) is 0 Å². The van der Waals surface area contributed by atoms with E-state index in [9.17, 15) is 9.18 Å². The van der Waals surface area contributed by atoms with Crippen LogP contribution in [0.1, 0.15) is 13.3 Å². The van der Waals surface area contributed by atoms with Crippen LogP contribution in [-0.4, -0.2) is 46.7 Å². The Balaban J connectivity index is 1.78. The zero-order valence-corrected chi connectivity index (χ0v) is 12.0. The van der Waals surface area contributed by atoms with Crippen LogP contribution in [0.5, 0.6) is 0 Å². The first kappa shape index (κ1) is 14.0. The monoisotopic (exact) mass is 290 g/mol. The largest absolute Gasteiger partial charge is 0.364 e. The Morgan fingerprint density at radius 1 is 1.57 bits per heavy atom. The summed E-state index contributed by atoms with van der Waals surface area (Å²) in [6, 6.07) is 3.00. The van der Waals surface area contributed by atoms with Gasteiger partial charge >= 0.3 is 0 Å². The fourth-order valence-corrected chi connectivity index (χ4v) is 2.75. The molecule has 3 rings (SSSR count). The standard InChI is InChI=1S/C15H19FN4O/c1-2-20-6-4-12(11(16)9-20)19-15-7-13-10(8-18-15)14(21)3-5-17-13/h3,5,7-8,11-12H,2,4,6,9H2,1H3,(H,17,21)(H,18,19). The second-order valence-corrected chi connectivity index (χ2v) is 5.41. The van der Waals surface area contributed by atoms with Crippen molar-refractivity contribution in [3.8, 4) is 0 Å². The number of aromatic nitrogens is 2. The average molecular weight is 290 g/mol. The topological polar surface area (TPSA) is 61.0 Å². The predicted molar refractivity (Wildman–Crippen MR) is 81.4 cm³/mol. The molecule has 0 radical (unpaired) electrons. The van der Waals surface area contributed by atoms with Crippen molar-refractivity contribution >= 4 is 16.7 Å². The highest BCUT2D eigenvalue weighted by molar-refractivity contribution is 5.79. The third-order valence-electron chi connectivity index (χ3n) is 4.05. The third kappa shape index (κ3) is 2.90. The summed E-state index contributed by atoms with van der Waals surface area (Å²) in [7, 11) is 0. The number of alkyl halides is 1. The minimum Gasteiger partial charge on any atom is -0.364 e. The van der Waals surface area contributed by atoms with Gasteiger partial charge in [-0.1, -0.05) is 6.92 Å². The normalized spacial score (nSPS) is 23.3. The Labute approximate surface area is 122 Å². The number of rotatable bonds is 3. The Hall–Kier alpha value is -1.95. The maximum absolute atomic E-state index is 14.2. The highest BCUT2D eigenvalue weighted by Crippen LogP contribution is 2.19. The molecule has 2 atom stereocenters. The maximum Gasteiger partial charge on any atom is 0.190 e. The molecule has 6 heteroatoms. The zero-order valence-electron chi connectivity index (χ0n) is 12.0. The number of likely N-dealkylation sites (tertiary alicyclic amines) is 1. The van der Waals surface area contributed by atoms with Gasteiger partial charge in [0.2, 0.25) is 0 Å². The molecular formula is C15H19FN4O. The van der Waals surface area contributed by atoms with Crippen molar-refractivity contribution in [3.05, 3.63) is 34.7 Å². The predicted octanol–water partition coefficient (Wildman–Crippen LogP) is 1.77. The Morgan fingerprint density at radius 3 is 3.19 bits per heavy atom. The van der Waals surface area contributed by atoms with Gasteiger partial charge < -0.3 is 15.2 Å². The van der Waals surface area contributed by atoms with Gasteiger partial charge in [0, 0.05) is 37.6 Å². The lowest BCUT2D eigenvalue weighted by molar-refractivity contribution is 0.131. The molecule has 0 aromatic carbocycles. The molecule has 112 valence electrons. The molecule has 3 heterocycles. The van der Waals surface area contributed by atoms with Gasteiger partial charge in [0.05, 0.1) is 16.9 Å². The zero-order chi connectivity index (χ0) is 14.8. The number of hydrogen-bond acceptors (Lipinski definition) is 4.